The highest BCUT2D eigenvalue weighted by atomic mass is 19.1. The van der Waals surface area contributed by atoms with E-state index >= 15 is 0 Å². The summed E-state index contributed by atoms with van der Waals surface area (Å²) in [5, 5.41) is 9.92. The lowest BCUT2D eigenvalue weighted by atomic mass is 9.75. The minimum atomic E-state index is -1.16. The number of aromatic nitrogens is 2. The zero-order valence-corrected chi connectivity index (χ0v) is 14.8. The molecule has 1 fully saturated rings. The summed E-state index contributed by atoms with van der Waals surface area (Å²) in [6.07, 6.45) is 2.74. The maximum atomic E-state index is 14.1. The summed E-state index contributed by atoms with van der Waals surface area (Å²) >= 11 is 0. The minimum Gasteiger partial charge on any atom is -0.481 e. The summed E-state index contributed by atoms with van der Waals surface area (Å²) in [7, 11) is 0. The number of hydrogen-bond acceptors (Lipinski definition) is 4. The molecule has 1 aromatic heterocycles. The quantitative estimate of drug-likeness (QED) is 0.905. The molecule has 0 radical (unpaired) electrons. The Morgan fingerprint density at radius 3 is 2.81 bits per heavy atom. The first-order chi connectivity index (χ1) is 12.3. The van der Waals surface area contributed by atoms with Crippen LogP contribution in [0.2, 0.25) is 0 Å². The smallest absolute Gasteiger partial charge is 0.311 e. The van der Waals surface area contributed by atoms with Gasteiger partial charge in [-0.1, -0.05) is 6.07 Å². The van der Waals surface area contributed by atoms with Gasteiger partial charge in [0.2, 0.25) is 0 Å². The van der Waals surface area contributed by atoms with E-state index in [4.69, 9.17) is 0 Å². The maximum Gasteiger partial charge on any atom is 0.311 e. The van der Waals surface area contributed by atoms with Gasteiger partial charge in [-0.05, 0) is 44.7 Å². The molecule has 1 saturated heterocycles. The van der Waals surface area contributed by atoms with E-state index in [-0.39, 0.29) is 18.5 Å². The first-order valence-corrected chi connectivity index (χ1v) is 8.53. The molecule has 7 heteroatoms. The average Bonchev–Trinajstić information content (AvgIpc) is 2.59. The van der Waals surface area contributed by atoms with E-state index in [0.717, 1.165) is 23.5 Å². The molecule has 1 aromatic carbocycles. The molecule has 1 unspecified atom stereocenters. The van der Waals surface area contributed by atoms with E-state index in [1.54, 1.807) is 6.20 Å². The Labute approximate surface area is 150 Å². The zero-order chi connectivity index (χ0) is 18.9. The lowest BCUT2D eigenvalue weighted by Crippen LogP contribution is -2.50. The molecule has 3 rings (SSSR count). The number of halogens is 2. The highest BCUT2D eigenvalue weighted by Crippen LogP contribution is 2.37. The number of aliphatic carboxylic acids is 1. The van der Waals surface area contributed by atoms with Gasteiger partial charge in [0.1, 0.15) is 17.5 Å². The molecule has 1 aliphatic rings. The number of carboxylic acids is 1. The van der Waals surface area contributed by atoms with Crippen LogP contribution in [0, 0.1) is 30.9 Å². The first kappa shape index (κ1) is 18.2. The predicted octanol–water partition coefficient (Wildman–Crippen LogP) is 3.29. The molecule has 0 aliphatic carbocycles. The third-order valence-corrected chi connectivity index (χ3v) is 4.92. The van der Waals surface area contributed by atoms with Crippen molar-refractivity contribution in [1.29, 1.82) is 0 Å². The number of nitrogens with zero attached hydrogens (tertiary/aromatic N) is 3. The third kappa shape index (κ3) is 3.52. The van der Waals surface area contributed by atoms with Gasteiger partial charge in [-0.2, -0.15) is 0 Å². The number of aryl methyl sites for hydroxylation is 2. The van der Waals surface area contributed by atoms with Crippen molar-refractivity contribution in [2.75, 3.05) is 18.0 Å². The largest absolute Gasteiger partial charge is 0.481 e. The molecular weight excluding hydrogens is 340 g/mol. The highest BCUT2D eigenvalue weighted by Gasteiger charge is 2.43. The predicted molar refractivity (Wildman–Crippen MR) is 93.1 cm³/mol. The van der Waals surface area contributed by atoms with Gasteiger partial charge in [0.15, 0.2) is 0 Å². The fourth-order valence-electron chi connectivity index (χ4n) is 3.56. The summed E-state index contributed by atoms with van der Waals surface area (Å²) in [6, 6.07) is 3.28. The second kappa shape index (κ2) is 6.97. The van der Waals surface area contributed by atoms with Crippen molar-refractivity contribution in [2.24, 2.45) is 5.41 Å². The van der Waals surface area contributed by atoms with Gasteiger partial charge >= 0.3 is 5.97 Å². The monoisotopic (exact) mass is 361 g/mol. The Kier molecular flexibility index (Phi) is 4.89. The summed E-state index contributed by atoms with van der Waals surface area (Å²) < 4.78 is 27.3. The van der Waals surface area contributed by atoms with Crippen LogP contribution in [0.4, 0.5) is 14.6 Å². The molecule has 5 nitrogen and oxygen atoms in total. The lowest BCUT2D eigenvalue weighted by Gasteiger charge is -2.41. The molecule has 2 aromatic rings. The Bertz CT molecular complexity index is 844. The van der Waals surface area contributed by atoms with Crippen LogP contribution in [0.1, 0.15) is 29.8 Å². The topological polar surface area (TPSA) is 66.3 Å². The third-order valence-electron chi connectivity index (χ3n) is 4.92. The van der Waals surface area contributed by atoms with Crippen molar-refractivity contribution >= 4 is 11.8 Å². The van der Waals surface area contributed by atoms with E-state index in [9.17, 15) is 18.7 Å². The van der Waals surface area contributed by atoms with Crippen molar-refractivity contribution in [3.05, 3.63) is 53.0 Å². The van der Waals surface area contributed by atoms with E-state index in [1.807, 2.05) is 18.7 Å². The minimum absolute atomic E-state index is 0.00321. The first-order valence-electron chi connectivity index (χ1n) is 8.53. The van der Waals surface area contributed by atoms with Crippen LogP contribution in [0.3, 0.4) is 0 Å². The summed E-state index contributed by atoms with van der Waals surface area (Å²) in [4.78, 5) is 22.8. The van der Waals surface area contributed by atoms with E-state index in [0.29, 0.717) is 25.2 Å². The molecule has 0 bridgehead atoms. The van der Waals surface area contributed by atoms with Crippen molar-refractivity contribution in [1.82, 2.24) is 9.97 Å². The van der Waals surface area contributed by atoms with Crippen LogP contribution in [-0.4, -0.2) is 34.1 Å². The SMILES string of the molecule is Cc1cnc(C)c(N2CCCC(Cc3ccc(F)cc3F)(C(=O)O)C2)n1. The Morgan fingerprint density at radius 1 is 1.35 bits per heavy atom. The van der Waals surface area contributed by atoms with Gasteiger partial charge in [0.05, 0.1) is 16.8 Å². The molecule has 138 valence electrons. The van der Waals surface area contributed by atoms with Crippen LogP contribution >= 0.6 is 0 Å². The molecule has 26 heavy (non-hydrogen) atoms. The van der Waals surface area contributed by atoms with E-state index in [2.05, 4.69) is 9.97 Å². The Morgan fingerprint density at radius 2 is 2.12 bits per heavy atom. The molecule has 1 N–H and O–H groups in total. The standard InChI is InChI=1S/C19H21F2N3O2/c1-12-10-22-13(2)17(23-12)24-7-3-6-19(11-24,18(25)26)9-14-4-5-15(20)8-16(14)21/h4-5,8,10H,3,6-7,9,11H2,1-2H3,(H,25,26). The molecule has 1 aliphatic heterocycles. The number of anilines is 1. The van der Waals surface area contributed by atoms with Gasteiger partial charge in [-0.3, -0.25) is 9.78 Å². The van der Waals surface area contributed by atoms with Gasteiger partial charge < -0.3 is 10.0 Å². The van der Waals surface area contributed by atoms with Crippen molar-refractivity contribution in [3.63, 3.8) is 0 Å². The Balaban J connectivity index is 1.93. The lowest BCUT2D eigenvalue weighted by molar-refractivity contribution is -0.149. The van der Waals surface area contributed by atoms with Gasteiger partial charge in [0, 0.05) is 25.4 Å². The zero-order valence-electron chi connectivity index (χ0n) is 14.8. The van der Waals surface area contributed by atoms with Gasteiger partial charge in [-0.25, -0.2) is 13.8 Å². The molecule has 1 atom stereocenters. The highest BCUT2D eigenvalue weighted by molar-refractivity contribution is 5.76. The summed E-state index contributed by atoms with van der Waals surface area (Å²) in [5.41, 5.74) is 0.531. The number of rotatable bonds is 4. The second-order valence-electron chi connectivity index (χ2n) is 6.94. The molecule has 0 saturated carbocycles. The van der Waals surface area contributed by atoms with Crippen LogP contribution in [0.15, 0.2) is 24.4 Å². The number of carbonyl (C=O) groups is 1. The van der Waals surface area contributed by atoms with Gasteiger partial charge in [-0.15, -0.1) is 0 Å². The van der Waals surface area contributed by atoms with E-state index in [1.165, 1.54) is 6.07 Å². The van der Waals surface area contributed by atoms with Crippen molar-refractivity contribution in [3.8, 4) is 0 Å². The summed E-state index contributed by atoms with van der Waals surface area (Å²) in [5.74, 6) is -1.71. The van der Waals surface area contributed by atoms with E-state index < -0.39 is 23.0 Å². The second-order valence-corrected chi connectivity index (χ2v) is 6.94. The van der Waals surface area contributed by atoms with Crippen LogP contribution in [0.5, 0.6) is 0 Å². The maximum absolute atomic E-state index is 14.1. The number of hydrogen-bond donors (Lipinski definition) is 1. The number of piperidine rings is 1. The average molecular weight is 361 g/mol. The number of benzene rings is 1. The molecule has 2 heterocycles. The fraction of sp³-hybridized carbons (Fsp3) is 0.421. The van der Waals surface area contributed by atoms with Crippen LogP contribution in [-0.2, 0) is 11.2 Å². The molecular formula is C19H21F2N3O2. The number of carboxylic acid groups (broad SMARTS) is 1. The van der Waals surface area contributed by atoms with Crippen LogP contribution < -0.4 is 4.90 Å². The molecule has 0 spiro atoms. The van der Waals surface area contributed by atoms with Gasteiger partial charge in [0.25, 0.3) is 0 Å². The fourth-order valence-corrected chi connectivity index (χ4v) is 3.56. The normalized spacial score (nSPS) is 20.2. The molecule has 0 amide bonds. The summed E-state index contributed by atoms with van der Waals surface area (Å²) in [6.45, 7) is 4.54. The van der Waals surface area contributed by atoms with Crippen LogP contribution in [0.25, 0.3) is 0 Å². The Hall–Kier alpha value is -2.57. The van der Waals surface area contributed by atoms with Crippen molar-refractivity contribution in [2.45, 2.75) is 33.1 Å². The van der Waals surface area contributed by atoms with Crippen molar-refractivity contribution < 1.29 is 18.7 Å².